The summed E-state index contributed by atoms with van der Waals surface area (Å²) in [4.78, 5) is 30.9. The molecule has 1 fully saturated rings. The zero-order valence-electron chi connectivity index (χ0n) is 14.4. The molecule has 2 aromatic rings. The third-order valence-electron chi connectivity index (χ3n) is 4.52. The molecule has 0 aliphatic heterocycles. The lowest BCUT2D eigenvalue weighted by Gasteiger charge is -2.21. The standard InChI is InChI=1S/C20H23N3O2/c1-2-23(14-15-8-4-3-5-9-15)20(25)18-12-17(18)19(24)22-13-16-10-6-7-11-21-16/h3-11,17-18H,2,12-14H2,1H3,(H,22,24). The van der Waals surface area contributed by atoms with E-state index in [1.54, 1.807) is 6.20 Å². The number of carbonyl (C=O) groups excluding carboxylic acids is 2. The molecule has 2 unspecified atom stereocenters. The molecule has 0 radical (unpaired) electrons. The van der Waals surface area contributed by atoms with Crippen LogP contribution in [0.2, 0.25) is 0 Å². The van der Waals surface area contributed by atoms with Crippen LogP contribution in [-0.2, 0) is 22.7 Å². The number of nitrogens with one attached hydrogen (secondary N) is 1. The van der Waals surface area contributed by atoms with Crippen LogP contribution in [0.3, 0.4) is 0 Å². The molecule has 2 atom stereocenters. The van der Waals surface area contributed by atoms with Gasteiger partial charge in [0.1, 0.15) is 0 Å². The highest BCUT2D eigenvalue weighted by Crippen LogP contribution is 2.40. The van der Waals surface area contributed by atoms with Crippen LogP contribution in [-0.4, -0.2) is 28.2 Å². The first-order valence-corrected chi connectivity index (χ1v) is 8.69. The highest BCUT2D eigenvalue weighted by atomic mass is 16.2. The second-order valence-electron chi connectivity index (χ2n) is 6.33. The molecular formula is C20H23N3O2. The van der Waals surface area contributed by atoms with E-state index in [2.05, 4.69) is 10.3 Å². The van der Waals surface area contributed by atoms with Gasteiger partial charge in [0.05, 0.1) is 24.1 Å². The number of aromatic nitrogens is 1. The van der Waals surface area contributed by atoms with Gasteiger partial charge in [-0.3, -0.25) is 14.6 Å². The molecule has 1 saturated carbocycles. The van der Waals surface area contributed by atoms with Gasteiger partial charge in [-0.05, 0) is 31.0 Å². The first-order chi connectivity index (χ1) is 12.2. The van der Waals surface area contributed by atoms with Crippen LogP contribution < -0.4 is 5.32 Å². The average Bonchev–Trinajstić information content (AvgIpc) is 3.46. The normalized spacial score (nSPS) is 18.4. The number of pyridine rings is 1. The van der Waals surface area contributed by atoms with E-state index in [0.29, 0.717) is 26.1 Å². The van der Waals surface area contributed by atoms with Crippen molar-refractivity contribution in [3.8, 4) is 0 Å². The van der Waals surface area contributed by atoms with Crippen molar-refractivity contribution >= 4 is 11.8 Å². The summed E-state index contributed by atoms with van der Waals surface area (Å²) in [5.41, 5.74) is 1.92. The summed E-state index contributed by atoms with van der Waals surface area (Å²) in [6.07, 6.45) is 2.34. The molecule has 1 aromatic heterocycles. The Bertz CT molecular complexity index is 718. The molecule has 0 spiro atoms. The molecule has 130 valence electrons. The van der Waals surface area contributed by atoms with E-state index in [1.165, 1.54) is 0 Å². The first-order valence-electron chi connectivity index (χ1n) is 8.69. The largest absolute Gasteiger partial charge is 0.350 e. The predicted molar refractivity (Wildman–Crippen MR) is 95.2 cm³/mol. The smallest absolute Gasteiger partial charge is 0.226 e. The topological polar surface area (TPSA) is 62.3 Å². The minimum atomic E-state index is -0.207. The Morgan fingerprint density at radius 3 is 2.56 bits per heavy atom. The van der Waals surface area contributed by atoms with Crippen LogP contribution in [0.4, 0.5) is 0 Å². The van der Waals surface area contributed by atoms with Crippen molar-refractivity contribution in [1.29, 1.82) is 0 Å². The molecule has 3 rings (SSSR count). The van der Waals surface area contributed by atoms with E-state index in [-0.39, 0.29) is 23.7 Å². The Labute approximate surface area is 148 Å². The lowest BCUT2D eigenvalue weighted by Crippen LogP contribution is -2.34. The summed E-state index contributed by atoms with van der Waals surface area (Å²) in [7, 11) is 0. The second-order valence-corrected chi connectivity index (χ2v) is 6.33. The van der Waals surface area contributed by atoms with Crippen molar-refractivity contribution in [2.24, 2.45) is 11.8 Å². The zero-order chi connectivity index (χ0) is 17.6. The summed E-state index contributed by atoms with van der Waals surface area (Å²) >= 11 is 0. The molecule has 0 saturated heterocycles. The number of hydrogen-bond donors (Lipinski definition) is 1. The molecule has 1 heterocycles. The molecular weight excluding hydrogens is 314 g/mol. The maximum atomic E-state index is 12.7. The third kappa shape index (κ3) is 4.44. The van der Waals surface area contributed by atoms with Gasteiger partial charge in [0.15, 0.2) is 0 Å². The minimum absolute atomic E-state index is 0.0558. The number of nitrogens with zero attached hydrogens (tertiary/aromatic N) is 2. The lowest BCUT2D eigenvalue weighted by molar-refractivity contribution is -0.135. The first kappa shape index (κ1) is 17.1. The van der Waals surface area contributed by atoms with Crippen LogP contribution in [0.1, 0.15) is 24.6 Å². The maximum absolute atomic E-state index is 12.7. The van der Waals surface area contributed by atoms with Gasteiger partial charge in [-0.1, -0.05) is 36.4 Å². The highest BCUT2D eigenvalue weighted by molar-refractivity contribution is 5.92. The van der Waals surface area contributed by atoms with Crippen molar-refractivity contribution in [1.82, 2.24) is 15.2 Å². The Morgan fingerprint density at radius 1 is 1.12 bits per heavy atom. The highest BCUT2D eigenvalue weighted by Gasteiger charge is 2.49. The molecule has 5 heteroatoms. The number of benzene rings is 1. The number of rotatable bonds is 7. The molecule has 5 nitrogen and oxygen atoms in total. The van der Waals surface area contributed by atoms with Crippen molar-refractivity contribution < 1.29 is 9.59 Å². The van der Waals surface area contributed by atoms with Crippen molar-refractivity contribution in [3.63, 3.8) is 0 Å². The van der Waals surface area contributed by atoms with E-state index in [9.17, 15) is 9.59 Å². The summed E-state index contributed by atoms with van der Waals surface area (Å²) in [5.74, 6) is -0.377. The second kappa shape index (κ2) is 7.92. The van der Waals surface area contributed by atoms with Gasteiger partial charge in [-0.2, -0.15) is 0 Å². The molecule has 1 aromatic carbocycles. The Kier molecular flexibility index (Phi) is 5.43. The summed E-state index contributed by atoms with van der Waals surface area (Å²) < 4.78 is 0. The summed E-state index contributed by atoms with van der Waals surface area (Å²) in [6, 6.07) is 15.5. The van der Waals surface area contributed by atoms with Gasteiger partial charge in [-0.15, -0.1) is 0 Å². The molecule has 1 aliphatic carbocycles. The molecule has 25 heavy (non-hydrogen) atoms. The van der Waals surface area contributed by atoms with Crippen LogP contribution in [0, 0.1) is 11.8 Å². The fourth-order valence-electron chi connectivity index (χ4n) is 2.95. The third-order valence-corrected chi connectivity index (χ3v) is 4.52. The van der Waals surface area contributed by atoms with Crippen molar-refractivity contribution in [2.75, 3.05) is 6.54 Å². The molecule has 1 aliphatic rings. The quantitative estimate of drug-likeness (QED) is 0.844. The fourth-order valence-corrected chi connectivity index (χ4v) is 2.95. The van der Waals surface area contributed by atoms with Gasteiger partial charge in [-0.25, -0.2) is 0 Å². The van der Waals surface area contributed by atoms with Crippen molar-refractivity contribution in [3.05, 3.63) is 66.0 Å². The maximum Gasteiger partial charge on any atom is 0.226 e. The summed E-state index contributed by atoms with van der Waals surface area (Å²) in [5, 5.41) is 2.88. The van der Waals surface area contributed by atoms with E-state index in [0.717, 1.165) is 11.3 Å². The molecule has 0 bridgehead atoms. The average molecular weight is 337 g/mol. The van der Waals surface area contributed by atoms with Crippen LogP contribution >= 0.6 is 0 Å². The van der Waals surface area contributed by atoms with Crippen LogP contribution in [0.25, 0.3) is 0 Å². The lowest BCUT2D eigenvalue weighted by atomic mass is 10.2. The molecule has 1 N–H and O–H groups in total. The van der Waals surface area contributed by atoms with Crippen LogP contribution in [0.5, 0.6) is 0 Å². The predicted octanol–water partition coefficient (Wildman–Crippen LogP) is 2.38. The minimum Gasteiger partial charge on any atom is -0.350 e. The van der Waals surface area contributed by atoms with Gasteiger partial charge >= 0.3 is 0 Å². The fraction of sp³-hybridized carbons (Fsp3) is 0.350. The SMILES string of the molecule is CCN(Cc1ccccc1)C(=O)C1CC1C(=O)NCc1ccccn1. The number of amides is 2. The van der Waals surface area contributed by atoms with E-state index in [1.807, 2.05) is 60.4 Å². The van der Waals surface area contributed by atoms with E-state index >= 15 is 0 Å². The van der Waals surface area contributed by atoms with Gasteiger partial charge in [0, 0.05) is 19.3 Å². The van der Waals surface area contributed by atoms with Gasteiger partial charge in [0.25, 0.3) is 0 Å². The van der Waals surface area contributed by atoms with Crippen molar-refractivity contribution in [2.45, 2.75) is 26.4 Å². The van der Waals surface area contributed by atoms with E-state index < -0.39 is 0 Å². The Hall–Kier alpha value is -2.69. The monoisotopic (exact) mass is 337 g/mol. The Balaban J connectivity index is 1.51. The summed E-state index contributed by atoms with van der Waals surface area (Å²) in [6.45, 7) is 3.61. The Morgan fingerprint density at radius 2 is 1.88 bits per heavy atom. The zero-order valence-corrected chi connectivity index (χ0v) is 14.4. The molecule has 2 amide bonds. The van der Waals surface area contributed by atoms with Gasteiger partial charge in [0.2, 0.25) is 11.8 Å². The van der Waals surface area contributed by atoms with Gasteiger partial charge < -0.3 is 10.2 Å². The number of carbonyl (C=O) groups is 2. The number of hydrogen-bond acceptors (Lipinski definition) is 3. The van der Waals surface area contributed by atoms with E-state index in [4.69, 9.17) is 0 Å². The van der Waals surface area contributed by atoms with Crippen LogP contribution in [0.15, 0.2) is 54.7 Å².